The van der Waals surface area contributed by atoms with Crippen LogP contribution in [0.4, 0.5) is 0 Å². The van der Waals surface area contributed by atoms with Gasteiger partial charge in [-0.15, -0.1) is 34.0 Å². The number of aryl methyl sites for hydroxylation is 2. The number of fused-ring (bicyclic) bond motifs is 12. The highest BCUT2D eigenvalue weighted by atomic mass is 32.1. The molecule has 170 valence electrons. The van der Waals surface area contributed by atoms with Crippen molar-refractivity contribution in [3.05, 3.63) is 95.1 Å². The average Bonchev–Trinajstić information content (AvgIpc) is 3.58. The van der Waals surface area contributed by atoms with E-state index in [0.717, 1.165) is 6.42 Å². The highest BCUT2D eigenvalue weighted by Crippen LogP contribution is 2.47. The van der Waals surface area contributed by atoms with Crippen LogP contribution in [0.25, 0.3) is 71.6 Å². The van der Waals surface area contributed by atoms with Crippen LogP contribution in [0.1, 0.15) is 22.3 Å². The quantitative estimate of drug-likeness (QED) is 0.189. The molecule has 9 rings (SSSR count). The maximum atomic E-state index is 2.47. The van der Waals surface area contributed by atoms with E-state index in [2.05, 4.69) is 86.6 Å². The van der Waals surface area contributed by atoms with Gasteiger partial charge in [0.1, 0.15) is 0 Å². The molecule has 0 spiro atoms. The molecular formula is C33H20S3. The van der Waals surface area contributed by atoms with E-state index in [0.29, 0.717) is 0 Å². The Balaban J connectivity index is 1.29. The Morgan fingerprint density at radius 1 is 0.417 bits per heavy atom. The van der Waals surface area contributed by atoms with Gasteiger partial charge in [0.05, 0.1) is 0 Å². The van der Waals surface area contributed by atoms with Crippen LogP contribution < -0.4 is 0 Å². The van der Waals surface area contributed by atoms with Gasteiger partial charge >= 0.3 is 0 Å². The van der Waals surface area contributed by atoms with E-state index in [-0.39, 0.29) is 0 Å². The van der Waals surface area contributed by atoms with Gasteiger partial charge in [0, 0.05) is 60.5 Å². The minimum absolute atomic E-state index is 1.05. The Morgan fingerprint density at radius 2 is 0.889 bits per heavy atom. The number of thiophene rings is 3. The summed E-state index contributed by atoms with van der Waals surface area (Å²) < 4.78 is 8.38. The molecule has 1 aliphatic carbocycles. The van der Waals surface area contributed by atoms with Crippen molar-refractivity contribution in [2.45, 2.75) is 20.3 Å². The summed E-state index contributed by atoms with van der Waals surface area (Å²) in [4.78, 5) is 0. The zero-order valence-corrected chi connectivity index (χ0v) is 22.3. The molecule has 0 unspecified atom stereocenters. The van der Waals surface area contributed by atoms with Crippen LogP contribution in [0.15, 0.2) is 72.8 Å². The molecule has 3 aromatic heterocycles. The molecule has 3 heterocycles. The van der Waals surface area contributed by atoms with Crippen molar-refractivity contribution < 1.29 is 0 Å². The molecule has 0 N–H and O–H groups in total. The lowest BCUT2D eigenvalue weighted by Gasteiger charge is -2.02. The summed E-state index contributed by atoms with van der Waals surface area (Å²) in [6, 6.07) is 28.5. The SMILES string of the molecule is Cc1ccc2c(c1)Cc1cc3c(cc1-2)sc1cc2c(cc13)sc1cc3c(cc12)sc1cc(C)ccc13. The van der Waals surface area contributed by atoms with E-state index in [9.17, 15) is 0 Å². The molecular weight excluding hydrogens is 493 g/mol. The van der Waals surface area contributed by atoms with Crippen LogP contribution in [-0.2, 0) is 6.42 Å². The highest BCUT2D eigenvalue weighted by Gasteiger charge is 2.21. The summed E-state index contributed by atoms with van der Waals surface area (Å²) in [5.74, 6) is 0. The highest BCUT2D eigenvalue weighted by molar-refractivity contribution is 7.28. The largest absolute Gasteiger partial charge is 0.135 e. The fourth-order valence-electron chi connectivity index (χ4n) is 6.24. The Kier molecular flexibility index (Phi) is 3.73. The summed E-state index contributed by atoms with van der Waals surface area (Å²) >= 11 is 5.82. The van der Waals surface area contributed by atoms with Gasteiger partial charge in [-0.3, -0.25) is 0 Å². The van der Waals surface area contributed by atoms with Crippen molar-refractivity contribution in [3.63, 3.8) is 0 Å². The van der Waals surface area contributed by atoms with E-state index in [1.165, 1.54) is 93.9 Å². The third kappa shape index (κ3) is 2.58. The molecule has 5 aromatic carbocycles. The van der Waals surface area contributed by atoms with Gasteiger partial charge in [0.2, 0.25) is 0 Å². The third-order valence-corrected chi connectivity index (χ3v) is 11.3. The second kappa shape index (κ2) is 6.74. The number of benzene rings is 5. The average molecular weight is 513 g/mol. The molecule has 3 heteroatoms. The summed E-state index contributed by atoms with van der Waals surface area (Å²) in [6.07, 6.45) is 1.05. The minimum Gasteiger partial charge on any atom is -0.135 e. The molecule has 0 radical (unpaired) electrons. The van der Waals surface area contributed by atoms with Crippen LogP contribution in [0, 0.1) is 13.8 Å². The van der Waals surface area contributed by atoms with E-state index < -0.39 is 0 Å². The molecule has 0 saturated heterocycles. The van der Waals surface area contributed by atoms with Gasteiger partial charge in [0.15, 0.2) is 0 Å². The predicted octanol–water partition coefficient (Wildman–Crippen LogP) is 11.0. The molecule has 0 aliphatic heterocycles. The monoisotopic (exact) mass is 512 g/mol. The van der Waals surface area contributed by atoms with Crippen LogP contribution in [0.3, 0.4) is 0 Å². The first-order valence-corrected chi connectivity index (χ1v) is 14.8. The lowest BCUT2D eigenvalue weighted by Crippen LogP contribution is -1.81. The van der Waals surface area contributed by atoms with E-state index in [1.54, 1.807) is 0 Å². The van der Waals surface area contributed by atoms with E-state index in [1.807, 2.05) is 34.0 Å². The Bertz CT molecular complexity index is 2250. The number of hydrogen-bond acceptors (Lipinski definition) is 3. The topological polar surface area (TPSA) is 0 Å². The predicted molar refractivity (Wildman–Crippen MR) is 163 cm³/mol. The van der Waals surface area contributed by atoms with E-state index in [4.69, 9.17) is 0 Å². The van der Waals surface area contributed by atoms with Crippen LogP contribution >= 0.6 is 34.0 Å². The summed E-state index contributed by atoms with van der Waals surface area (Å²) in [6.45, 7) is 4.37. The normalized spacial score (nSPS) is 13.2. The fraction of sp³-hybridized carbons (Fsp3) is 0.0909. The summed E-state index contributed by atoms with van der Waals surface area (Å²) in [7, 11) is 0. The van der Waals surface area contributed by atoms with Gasteiger partial charge in [-0.05, 0) is 90.6 Å². The van der Waals surface area contributed by atoms with Crippen molar-refractivity contribution in [2.75, 3.05) is 0 Å². The van der Waals surface area contributed by atoms with Gasteiger partial charge in [-0.2, -0.15) is 0 Å². The zero-order valence-electron chi connectivity index (χ0n) is 19.9. The lowest BCUT2D eigenvalue weighted by atomic mass is 10.0. The molecule has 1 aliphatic rings. The smallest absolute Gasteiger partial charge is 0.0362 e. The Morgan fingerprint density at radius 3 is 1.56 bits per heavy atom. The first-order chi connectivity index (χ1) is 17.6. The van der Waals surface area contributed by atoms with Gasteiger partial charge in [0.25, 0.3) is 0 Å². The molecule has 36 heavy (non-hydrogen) atoms. The standard InChI is InChI=1S/C33H20S3/c1-16-3-5-20-18(7-16)9-19-10-23-25-13-33-27(15-32(25)35-29(23)11-22(19)20)26-14-30-24(12-31(26)36-33)21-6-4-17(2)8-28(21)34-30/h3-8,10-15H,9H2,1-2H3. The van der Waals surface area contributed by atoms with Gasteiger partial charge in [-0.25, -0.2) is 0 Å². The van der Waals surface area contributed by atoms with Crippen LogP contribution in [0.2, 0.25) is 0 Å². The van der Waals surface area contributed by atoms with Gasteiger partial charge < -0.3 is 0 Å². The van der Waals surface area contributed by atoms with Crippen LogP contribution in [-0.4, -0.2) is 0 Å². The zero-order chi connectivity index (χ0) is 23.7. The summed E-state index contributed by atoms with van der Waals surface area (Å²) in [5, 5.41) is 8.41. The number of rotatable bonds is 0. The van der Waals surface area contributed by atoms with Crippen molar-refractivity contribution in [1.29, 1.82) is 0 Å². The van der Waals surface area contributed by atoms with Crippen molar-refractivity contribution in [1.82, 2.24) is 0 Å². The lowest BCUT2D eigenvalue weighted by molar-refractivity contribution is 1.25. The maximum Gasteiger partial charge on any atom is 0.0362 e. The fourth-order valence-corrected chi connectivity index (χ4v) is 9.77. The molecule has 8 aromatic rings. The van der Waals surface area contributed by atoms with Crippen molar-refractivity contribution in [2.24, 2.45) is 0 Å². The molecule has 0 bridgehead atoms. The Hall–Kier alpha value is -3.24. The first kappa shape index (κ1) is 19.9. The summed E-state index contributed by atoms with van der Waals surface area (Å²) in [5.41, 5.74) is 8.48. The van der Waals surface area contributed by atoms with Crippen molar-refractivity contribution in [3.8, 4) is 11.1 Å². The van der Waals surface area contributed by atoms with Crippen molar-refractivity contribution >= 4 is 94.5 Å². The molecule has 0 amide bonds. The Labute approximate surface area is 220 Å². The van der Waals surface area contributed by atoms with E-state index >= 15 is 0 Å². The second-order valence-corrected chi connectivity index (χ2v) is 13.6. The number of hydrogen-bond donors (Lipinski definition) is 0. The molecule has 0 atom stereocenters. The molecule has 0 saturated carbocycles. The molecule has 0 nitrogen and oxygen atoms in total. The minimum atomic E-state index is 1.05. The first-order valence-electron chi connectivity index (χ1n) is 12.4. The molecule has 0 fully saturated rings. The maximum absolute atomic E-state index is 2.47. The third-order valence-electron chi connectivity index (χ3n) is 7.97. The van der Waals surface area contributed by atoms with Crippen LogP contribution in [0.5, 0.6) is 0 Å². The van der Waals surface area contributed by atoms with Gasteiger partial charge in [-0.1, -0.05) is 35.9 Å². The second-order valence-electron chi connectivity index (χ2n) is 10.3.